The predicted octanol–water partition coefficient (Wildman–Crippen LogP) is 5.68. The maximum atomic E-state index is 12.6. The maximum absolute atomic E-state index is 12.6. The van der Waals surface area contributed by atoms with Crippen LogP contribution < -0.4 is 0 Å². The first kappa shape index (κ1) is 21.5. The molecule has 0 bridgehead atoms. The second-order valence-corrected chi connectivity index (χ2v) is 7.76. The topological polar surface area (TPSA) is 43.4 Å². The lowest BCUT2D eigenvalue weighted by atomic mass is 10.1. The Morgan fingerprint density at radius 2 is 1.84 bits per heavy atom. The molecule has 1 aromatic carbocycles. The van der Waals surface area contributed by atoms with Gasteiger partial charge >= 0.3 is 5.97 Å². The molecule has 0 N–H and O–H groups in total. The molecule has 0 heterocycles. The zero-order valence-electron chi connectivity index (χ0n) is 15.6. The van der Waals surface area contributed by atoms with E-state index in [1.807, 2.05) is 42.5 Å². The van der Waals surface area contributed by atoms with Crippen LogP contribution in [0.15, 0.2) is 42.5 Å². The third-order valence-electron chi connectivity index (χ3n) is 3.89. The number of carbonyl (C=O) groups excluding carboxylic acids is 2. The maximum Gasteiger partial charge on any atom is 0.326 e. The van der Waals surface area contributed by atoms with Crippen molar-refractivity contribution in [3.63, 3.8) is 0 Å². The Labute approximate surface area is 156 Å². The number of allylic oxidation sites excluding steroid dienone is 1. The van der Waals surface area contributed by atoms with Crippen molar-refractivity contribution in [2.45, 2.75) is 70.7 Å². The van der Waals surface area contributed by atoms with Crippen molar-refractivity contribution in [1.82, 2.24) is 0 Å². The third kappa shape index (κ3) is 8.39. The molecule has 0 saturated carbocycles. The second-order valence-electron chi connectivity index (χ2n) is 6.25. The van der Waals surface area contributed by atoms with E-state index >= 15 is 0 Å². The van der Waals surface area contributed by atoms with E-state index in [1.54, 1.807) is 13.8 Å². The highest BCUT2D eigenvalue weighted by molar-refractivity contribution is 8.15. The van der Waals surface area contributed by atoms with Gasteiger partial charge in [0.2, 0.25) is 0 Å². The number of hydrogen-bond donors (Lipinski definition) is 0. The van der Waals surface area contributed by atoms with Crippen LogP contribution in [0.25, 0.3) is 0 Å². The Morgan fingerprint density at radius 1 is 1.12 bits per heavy atom. The molecule has 1 aromatic rings. The van der Waals surface area contributed by atoms with Crippen LogP contribution in [-0.2, 0) is 20.9 Å². The average molecular weight is 363 g/mol. The number of ether oxygens (including phenoxy) is 1. The second kappa shape index (κ2) is 11.9. The molecule has 0 aliphatic carbocycles. The van der Waals surface area contributed by atoms with Gasteiger partial charge in [0.25, 0.3) is 0 Å². The first-order chi connectivity index (χ1) is 12.0. The van der Waals surface area contributed by atoms with Crippen molar-refractivity contribution in [3.05, 3.63) is 48.0 Å². The summed E-state index contributed by atoms with van der Waals surface area (Å²) in [5, 5.41) is -0.00482. The van der Waals surface area contributed by atoms with E-state index in [0.29, 0.717) is 6.42 Å². The summed E-state index contributed by atoms with van der Waals surface area (Å²) >= 11 is 1.06. The van der Waals surface area contributed by atoms with Gasteiger partial charge in [0.15, 0.2) is 5.12 Å². The number of thioether (sulfide) groups is 1. The van der Waals surface area contributed by atoms with E-state index in [1.165, 1.54) is 19.3 Å². The van der Waals surface area contributed by atoms with Crippen molar-refractivity contribution < 1.29 is 14.3 Å². The predicted molar refractivity (Wildman–Crippen MR) is 105 cm³/mol. The molecule has 0 fully saturated rings. The highest BCUT2D eigenvalue weighted by Gasteiger charge is 2.35. The number of benzene rings is 1. The fourth-order valence-corrected chi connectivity index (χ4v) is 3.24. The molecule has 25 heavy (non-hydrogen) atoms. The fraction of sp³-hybridized carbons (Fsp3) is 0.524. The Kier molecular flexibility index (Phi) is 10.2. The molecule has 1 atom stereocenters. The van der Waals surface area contributed by atoms with E-state index in [0.717, 1.165) is 30.2 Å². The van der Waals surface area contributed by atoms with Crippen molar-refractivity contribution >= 4 is 22.8 Å². The van der Waals surface area contributed by atoms with Gasteiger partial charge in [-0.05, 0) is 25.3 Å². The van der Waals surface area contributed by atoms with Crippen LogP contribution in [0, 0.1) is 0 Å². The number of carbonyl (C=O) groups is 2. The van der Waals surface area contributed by atoms with Crippen molar-refractivity contribution in [2.75, 3.05) is 0 Å². The van der Waals surface area contributed by atoms with Gasteiger partial charge in [-0.25, -0.2) is 0 Å². The lowest BCUT2D eigenvalue weighted by Crippen LogP contribution is -2.32. The lowest BCUT2D eigenvalue weighted by Gasteiger charge is -2.22. The summed E-state index contributed by atoms with van der Waals surface area (Å²) < 4.78 is 4.51. The summed E-state index contributed by atoms with van der Waals surface area (Å²) in [5.41, 5.74) is 0.938. The summed E-state index contributed by atoms with van der Waals surface area (Å²) in [4.78, 5) is 24.5. The van der Waals surface area contributed by atoms with E-state index in [9.17, 15) is 9.59 Å². The smallest absolute Gasteiger partial charge is 0.326 e. The molecule has 0 aliphatic rings. The van der Waals surface area contributed by atoms with Crippen LogP contribution in [0.2, 0.25) is 0 Å². The summed E-state index contributed by atoms with van der Waals surface area (Å²) in [6, 6.07) is 9.57. The van der Waals surface area contributed by atoms with Crippen molar-refractivity contribution in [2.24, 2.45) is 0 Å². The van der Waals surface area contributed by atoms with Crippen LogP contribution in [0.4, 0.5) is 0 Å². The zero-order chi connectivity index (χ0) is 18.5. The molecule has 1 rings (SSSR count). The minimum absolute atomic E-state index is 0.00482. The molecule has 0 amide bonds. The number of unbranched alkanes of at least 4 members (excludes halogenated alkanes) is 4. The van der Waals surface area contributed by atoms with E-state index < -0.39 is 4.75 Å². The molecular weight excluding hydrogens is 332 g/mol. The Balaban J connectivity index is 2.67. The minimum atomic E-state index is -0.966. The van der Waals surface area contributed by atoms with Gasteiger partial charge in [-0.3, -0.25) is 9.59 Å². The quantitative estimate of drug-likeness (QED) is 0.288. The van der Waals surface area contributed by atoms with Crippen molar-refractivity contribution in [1.29, 1.82) is 0 Å². The largest absolute Gasteiger partial charge is 0.460 e. The van der Waals surface area contributed by atoms with Crippen LogP contribution >= 0.6 is 11.8 Å². The Bertz CT molecular complexity index is 554. The normalized spacial score (nSPS) is 13.6. The van der Waals surface area contributed by atoms with Gasteiger partial charge < -0.3 is 4.74 Å². The summed E-state index contributed by atoms with van der Waals surface area (Å²) in [6.07, 6.45) is 9.89. The molecule has 0 aliphatic heterocycles. The molecule has 0 aromatic heterocycles. The molecular formula is C21H30O3S. The number of rotatable bonds is 11. The number of esters is 1. The van der Waals surface area contributed by atoms with E-state index in [2.05, 4.69) is 6.92 Å². The van der Waals surface area contributed by atoms with Crippen LogP contribution in [0.3, 0.4) is 0 Å². The third-order valence-corrected chi connectivity index (χ3v) is 5.14. The van der Waals surface area contributed by atoms with Gasteiger partial charge in [0, 0.05) is 6.42 Å². The minimum Gasteiger partial charge on any atom is -0.460 e. The first-order valence-electron chi connectivity index (χ1n) is 9.12. The Morgan fingerprint density at radius 3 is 2.48 bits per heavy atom. The van der Waals surface area contributed by atoms with Crippen LogP contribution in [0.5, 0.6) is 0 Å². The SMILES string of the molecule is CCCCCC/C=C/[C@@](C)(SC(=O)CC)C(=O)OCc1ccccc1. The average Bonchev–Trinajstić information content (AvgIpc) is 2.63. The van der Waals surface area contributed by atoms with Crippen LogP contribution in [-0.4, -0.2) is 15.8 Å². The molecule has 0 spiro atoms. The zero-order valence-corrected chi connectivity index (χ0v) is 16.4. The van der Waals surface area contributed by atoms with Gasteiger partial charge in [0.05, 0.1) is 0 Å². The molecule has 4 heteroatoms. The van der Waals surface area contributed by atoms with Gasteiger partial charge in [-0.15, -0.1) is 0 Å². The Hall–Kier alpha value is -1.55. The fourth-order valence-electron chi connectivity index (χ4n) is 2.32. The highest BCUT2D eigenvalue weighted by atomic mass is 32.2. The molecule has 0 saturated heterocycles. The summed E-state index contributed by atoms with van der Waals surface area (Å²) in [5.74, 6) is -0.368. The summed E-state index contributed by atoms with van der Waals surface area (Å²) in [7, 11) is 0. The monoisotopic (exact) mass is 362 g/mol. The van der Waals surface area contributed by atoms with Gasteiger partial charge in [-0.2, -0.15) is 0 Å². The molecule has 0 radical (unpaired) electrons. The molecule has 3 nitrogen and oxygen atoms in total. The van der Waals surface area contributed by atoms with Crippen LogP contribution in [0.1, 0.15) is 64.9 Å². The standard InChI is InChI=1S/C21H30O3S/c1-4-6-7-8-9-13-16-21(3,25-19(22)5-2)20(23)24-17-18-14-11-10-12-15-18/h10-16H,4-9,17H2,1-3H3/b16-13+/t21-/m1/s1. The first-order valence-corrected chi connectivity index (χ1v) is 9.94. The van der Waals surface area contributed by atoms with E-state index in [-0.39, 0.29) is 17.7 Å². The highest BCUT2D eigenvalue weighted by Crippen LogP contribution is 2.30. The lowest BCUT2D eigenvalue weighted by molar-refractivity contribution is -0.146. The molecule has 0 unspecified atom stereocenters. The number of hydrogen-bond acceptors (Lipinski definition) is 4. The van der Waals surface area contributed by atoms with Crippen molar-refractivity contribution in [3.8, 4) is 0 Å². The summed E-state index contributed by atoms with van der Waals surface area (Å²) in [6.45, 7) is 5.98. The van der Waals surface area contributed by atoms with Gasteiger partial charge in [0.1, 0.15) is 11.4 Å². The van der Waals surface area contributed by atoms with Gasteiger partial charge in [-0.1, -0.05) is 87.4 Å². The molecule has 138 valence electrons. The van der Waals surface area contributed by atoms with E-state index in [4.69, 9.17) is 4.74 Å².